The zero-order chi connectivity index (χ0) is 22.9. The second kappa shape index (κ2) is 9.06. The van der Waals surface area contributed by atoms with Gasteiger partial charge in [-0.25, -0.2) is 4.79 Å². The van der Waals surface area contributed by atoms with E-state index in [9.17, 15) is 14.4 Å². The van der Waals surface area contributed by atoms with Gasteiger partial charge in [-0.2, -0.15) is 0 Å². The Hall–Kier alpha value is -3.06. The summed E-state index contributed by atoms with van der Waals surface area (Å²) in [7, 11) is 0. The predicted molar refractivity (Wildman–Crippen MR) is 127 cm³/mol. The Morgan fingerprint density at radius 2 is 1.70 bits per heavy atom. The molecule has 2 aliphatic heterocycles. The minimum Gasteiger partial charge on any atom is -0.335 e. The Morgan fingerprint density at radius 3 is 2.45 bits per heavy atom. The maximum Gasteiger partial charge on any atom is 0.317 e. The standard InChI is InChI=1S/C25H27ClN4O3/c26-18-9-6-16(7-10-18)17-8-11-21-20(14-17)24(32)30-13-12-29(15-22(30)23(31)28-21)25(33)27-19-4-2-1-3-5-19/h6-11,14,19,22H,1-5,12-13,15H2,(H,27,33)(H,28,31)/t22-/m1/s1. The summed E-state index contributed by atoms with van der Waals surface area (Å²) in [4.78, 5) is 42.6. The van der Waals surface area contributed by atoms with Crippen molar-refractivity contribution in [2.45, 2.75) is 44.2 Å². The number of halogens is 1. The Bertz CT molecular complexity index is 1080. The van der Waals surface area contributed by atoms with Crippen molar-refractivity contribution in [1.29, 1.82) is 0 Å². The van der Waals surface area contributed by atoms with Crippen molar-refractivity contribution < 1.29 is 14.4 Å². The molecule has 172 valence electrons. The molecule has 0 aromatic heterocycles. The van der Waals surface area contributed by atoms with Gasteiger partial charge in [0.15, 0.2) is 0 Å². The molecule has 4 amide bonds. The molecule has 0 radical (unpaired) electrons. The number of nitrogens with zero attached hydrogens (tertiary/aromatic N) is 2. The number of rotatable bonds is 2. The molecular formula is C25H27ClN4O3. The van der Waals surface area contributed by atoms with E-state index in [-0.39, 0.29) is 30.4 Å². The van der Waals surface area contributed by atoms with Gasteiger partial charge in [0.05, 0.1) is 17.8 Å². The van der Waals surface area contributed by atoms with Crippen LogP contribution in [-0.2, 0) is 4.79 Å². The molecule has 2 N–H and O–H groups in total. The fourth-order valence-corrected chi connectivity index (χ4v) is 5.10. The number of urea groups is 1. The zero-order valence-corrected chi connectivity index (χ0v) is 19.1. The topological polar surface area (TPSA) is 81.8 Å². The van der Waals surface area contributed by atoms with Crippen molar-refractivity contribution in [3.63, 3.8) is 0 Å². The largest absolute Gasteiger partial charge is 0.335 e. The number of anilines is 1. The van der Waals surface area contributed by atoms with Crippen LogP contribution in [-0.4, -0.2) is 59.4 Å². The lowest BCUT2D eigenvalue weighted by atomic mass is 9.96. The summed E-state index contributed by atoms with van der Waals surface area (Å²) in [5.41, 5.74) is 2.76. The first-order valence-corrected chi connectivity index (χ1v) is 11.9. The van der Waals surface area contributed by atoms with E-state index in [1.165, 1.54) is 6.42 Å². The monoisotopic (exact) mass is 466 g/mol. The summed E-state index contributed by atoms with van der Waals surface area (Å²) in [6, 6.07) is 12.2. The van der Waals surface area contributed by atoms with Crippen LogP contribution in [0.3, 0.4) is 0 Å². The van der Waals surface area contributed by atoms with Gasteiger partial charge in [-0.05, 0) is 48.2 Å². The van der Waals surface area contributed by atoms with Gasteiger partial charge in [-0.1, -0.05) is 49.1 Å². The quantitative estimate of drug-likeness (QED) is 0.698. The highest BCUT2D eigenvalue weighted by molar-refractivity contribution is 6.30. The van der Waals surface area contributed by atoms with Gasteiger partial charge < -0.3 is 20.4 Å². The van der Waals surface area contributed by atoms with Crippen LogP contribution in [0.4, 0.5) is 10.5 Å². The second-order valence-corrected chi connectivity index (χ2v) is 9.44. The van der Waals surface area contributed by atoms with Gasteiger partial charge in [-0.15, -0.1) is 0 Å². The minimum atomic E-state index is -0.713. The molecular weight excluding hydrogens is 440 g/mol. The number of carbonyl (C=O) groups excluding carboxylic acids is 3. The third-order valence-electron chi connectivity index (χ3n) is 6.85. The van der Waals surface area contributed by atoms with Gasteiger partial charge >= 0.3 is 6.03 Å². The van der Waals surface area contributed by atoms with E-state index < -0.39 is 6.04 Å². The number of nitrogens with one attached hydrogen (secondary N) is 2. The minimum absolute atomic E-state index is 0.145. The Balaban J connectivity index is 1.34. The summed E-state index contributed by atoms with van der Waals surface area (Å²) < 4.78 is 0. The molecule has 2 aromatic rings. The summed E-state index contributed by atoms with van der Waals surface area (Å²) in [6.45, 7) is 0.911. The maximum absolute atomic E-state index is 13.4. The van der Waals surface area contributed by atoms with E-state index in [0.717, 1.165) is 36.8 Å². The molecule has 8 heteroatoms. The Kier molecular flexibility index (Phi) is 5.98. The van der Waals surface area contributed by atoms with Gasteiger partial charge in [0.2, 0.25) is 5.91 Å². The number of hydrogen-bond donors (Lipinski definition) is 2. The fourth-order valence-electron chi connectivity index (χ4n) is 4.97. The molecule has 3 aliphatic rings. The van der Waals surface area contributed by atoms with Crippen molar-refractivity contribution in [1.82, 2.24) is 15.1 Å². The van der Waals surface area contributed by atoms with Crippen LogP contribution in [0.15, 0.2) is 42.5 Å². The third kappa shape index (κ3) is 4.42. The van der Waals surface area contributed by atoms with Crippen LogP contribution in [0.5, 0.6) is 0 Å². The van der Waals surface area contributed by atoms with Crippen LogP contribution in [0.1, 0.15) is 42.5 Å². The molecule has 2 heterocycles. The van der Waals surface area contributed by atoms with Gasteiger partial charge in [-0.3, -0.25) is 9.59 Å². The molecule has 0 bridgehead atoms. The number of fused-ring (bicyclic) bond motifs is 2. The smallest absolute Gasteiger partial charge is 0.317 e. The van der Waals surface area contributed by atoms with E-state index in [1.807, 2.05) is 24.3 Å². The van der Waals surface area contributed by atoms with Gasteiger partial charge in [0.25, 0.3) is 5.91 Å². The highest BCUT2D eigenvalue weighted by atomic mass is 35.5. The van der Waals surface area contributed by atoms with Crippen molar-refractivity contribution in [3.8, 4) is 11.1 Å². The Morgan fingerprint density at radius 1 is 0.970 bits per heavy atom. The number of carbonyl (C=O) groups is 3. The summed E-state index contributed by atoms with van der Waals surface area (Å²) in [6.07, 6.45) is 5.48. The molecule has 0 spiro atoms. The SMILES string of the molecule is O=C1Nc2ccc(-c3ccc(Cl)cc3)cc2C(=O)N2CCN(C(=O)NC3CCCCC3)C[C@H]12. The number of benzene rings is 2. The average molecular weight is 467 g/mol. The predicted octanol–water partition coefficient (Wildman–Crippen LogP) is 4.13. The highest BCUT2D eigenvalue weighted by Gasteiger charge is 2.40. The second-order valence-electron chi connectivity index (χ2n) is 9.00. The Labute approximate surface area is 198 Å². The van der Waals surface area contributed by atoms with Crippen LogP contribution < -0.4 is 10.6 Å². The maximum atomic E-state index is 13.4. The zero-order valence-electron chi connectivity index (χ0n) is 18.4. The van der Waals surface area contributed by atoms with Crippen molar-refractivity contribution >= 4 is 35.1 Å². The molecule has 0 unspecified atom stereocenters. The molecule has 2 aromatic carbocycles. The summed E-state index contributed by atoms with van der Waals surface area (Å²) >= 11 is 6.00. The van der Waals surface area contributed by atoms with Crippen molar-refractivity contribution in [2.24, 2.45) is 0 Å². The van der Waals surface area contributed by atoms with E-state index in [2.05, 4.69) is 10.6 Å². The van der Waals surface area contributed by atoms with Crippen LogP contribution in [0.2, 0.25) is 5.02 Å². The first-order valence-electron chi connectivity index (χ1n) is 11.6. The lowest BCUT2D eigenvalue weighted by molar-refractivity contribution is -0.121. The molecule has 1 saturated carbocycles. The van der Waals surface area contributed by atoms with Gasteiger partial charge in [0, 0.05) is 24.2 Å². The normalized spacial score (nSPS) is 21.1. The molecule has 33 heavy (non-hydrogen) atoms. The lowest BCUT2D eigenvalue weighted by Gasteiger charge is -2.40. The average Bonchev–Trinajstić information content (AvgIpc) is 2.94. The first kappa shape index (κ1) is 21.8. The van der Waals surface area contributed by atoms with Gasteiger partial charge in [0.1, 0.15) is 6.04 Å². The van der Waals surface area contributed by atoms with Crippen LogP contribution >= 0.6 is 11.6 Å². The fraction of sp³-hybridized carbons (Fsp3) is 0.400. The highest BCUT2D eigenvalue weighted by Crippen LogP contribution is 2.31. The number of hydrogen-bond acceptors (Lipinski definition) is 3. The van der Waals surface area contributed by atoms with Crippen LogP contribution in [0, 0.1) is 0 Å². The third-order valence-corrected chi connectivity index (χ3v) is 7.10. The molecule has 1 aliphatic carbocycles. The first-order chi connectivity index (χ1) is 16.0. The van der Waals surface area contributed by atoms with E-state index in [1.54, 1.807) is 28.0 Å². The summed E-state index contributed by atoms with van der Waals surface area (Å²) in [5, 5.41) is 6.66. The van der Waals surface area contributed by atoms with Crippen molar-refractivity contribution in [2.75, 3.05) is 25.0 Å². The molecule has 5 rings (SSSR count). The molecule has 1 saturated heterocycles. The lowest BCUT2D eigenvalue weighted by Crippen LogP contribution is -2.61. The molecule has 1 atom stereocenters. The summed E-state index contributed by atoms with van der Waals surface area (Å²) in [5.74, 6) is -0.465. The van der Waals surface area contributed by atoms with Crippen LogP contribution in [0.25, 0.3) is 11.1 Å². The van der Waals surface area contributed by atoms with Crippen molar-refractivity contribution in [3.05, 3.63) is 53.1 Å². The van der Waals surface area contributed by atoms with E-state index in [0.29, 0.717) is 29.4 Å². The number of piperazine rings is 1. The molecule has 7 nitrogen and oxygen atoms in total. The molecule has 2 fully saturated rings. The van der Waals surface area contributed by atoms with E-state index in [4.69, 9.17) is 11.6 Å². The number of amides is 4. The van der Waals surface area contributed by atoms with E-state index >= 15 is 0 Å².